The Bertz CT molecular complexity index is 381. The molecule has 1 rings (SSSR count). The van der Waals surface area contributed by atoms with E-state index < -0.39 is 0 Å². The number of rotatable bonds is 5. The van der Waals surface area contributed by atoms with Crippen LogP contribution in [0.3, 0.4) is 0 Å². The topological polar surface area (TPSA) is 9.23 Å². The van der Waals surface area contributed by atoms with E-state index >= 15 is 0 Å². The zero-order chi connectivity index (χ0) is 11.8. The van der Waals surface area contributed by atoms with E-state index in [0.717, 1.165) is 11.3 Å². The normalized spacial score (nSPS) is 10.1. The van der Waals surface area contributed by atoms with Crippen LogP contribution >= 0.6 is 0 Å². The van der Waals surface area contributed by atoms with Crippen molar-refractivity contribution in [3.8, 4) is 0 Å². The van der Waals surface area contributed by atoms with Crippen LogP contribution in [0.1, 0.15) is 19.4 Å². The van der Waals surface area contributed by atoms with Crippen molar-refractivity contribution >= 4 is 0 Å². The van der Waals surface area contributed by atoms with E-state index in [-0.39, 0.29) is 0 Å². The summed E-state index contributed by atoms with van der Waals surface area (Å²) in [6.45, 7) is 8.32. The second-order valence-corrected chi connectivity index (χ2v) is 3.73. The van der Waals surface area contributed by atoms with Gasteiger partial charge in [-0.2, -0.15) is 0 Å². The lowest BCUT2D eigenvalue weighted by Crippen LogP contribution is -1.93. The molecule has 0 aliphatic carbocycles. The summed E-state index contributed by atoms with van der Waals surface area (Å²) in [5, 5.41) is 0. The molecule has 0 bridgehead atoms. The minimum Gasteiger partial charge on any atom is -0.489 e. The van der Waals surface area contributed by atoms with Crippen molar-refractivity contribution in [3.63, 3.8) is 0 Å². The Morgan fingerprint density at radius 2 is 1.94 bits per heavy atom. The fourth-order valence-electron chi connectivity index (χ4n) is 1.25. The lowest BCUT2D eigenvalue weighted by molar-refractivity contribution is 0.208. The third kappa shape index (κ3) is 4.18. The maximum absolute atomic E-state index is 5.74. The molecular weight excluding hydrogens is 196 g/mol. The van der Waals surface area contributed by atoms with Crippen LogP contribution < -0.4 is 0 Å². The van der Waals surface area contributed by atoms with Crippen molar-refractivity contribution in [2.75, 3.05) is 0 Å². The van der Waals surface area contributed by atoms with Gasteiger partial charge in [-0.3, -0.25) is 0 Å². The summed E-state index contributed by atoms with van der Waals surface area (Å²) in [5.41, 5.74) is 2.34. The van der Waals surface area contributed by atoms with Crippen molar-refractivity contribution in [1.29, 1.82) is 0 Å². The molecule has 0 spiro atoms. The van der Waals surface area contributed by atoms with Crippen molar-refractivity contribution in [2.45, 2.75) is 20.5 Å². The van der Waals surface area contributed by atoms with E-state index in [2.05, 4.69) is 18.7 Å². The van der Waals surface area contributed by atoms with Gasteiger partial charge >= 0.3 is 0 Å². The van der Waals surface area contributed by atoms with Gasteiger partial charge in [-0.15, -0.1) is 0 Å². The van der Waals surface area contributed by atoms with E-state index in [9.17, 15) is 0 Å². The Labute approximate surface area is 97.8 Å². The molecule has 1 nitrogen and oxygen atoms in total. The van der Waals surface area contributed by atoms with Gasteiger partial charge in [0.05, 0.1) is 0 Å². The first-order valence-corrected chi connectivity index (χ1v) is 5.37. The average Bonchev–Trinajstić information content (AvgIpc) is 2.30. The summed E-state index contributed by atoms with van der Waals surface area (Å²) >= 11 is 0. The fourth-order valence-corrected chi connectivity index (χ4v) is 1.25. The van der Waals surface area contributed by atoms with Gasteiger partial charge in [-0.05, 0) is 31.1 Å². The quantitative estimate of drug-likeness (QED) is 0.526. The van der Waals surface area contributed by atoms with Crippen LogP contribution in [0.25, 0.3) is 0 Å². The molecule has 0 radical (unpaired) electrons. The maximum Gasteiger partial charge on any atom is 0.118 e. The summed E-state index contributed by atoms with van der Waals surface area (Å²) in [4.78, 5) is 0. The molecule has 0 unspecified atom stereocenters. The zero-order valence-electron chi connectivity index (χ0n) is 9.94. The Morgan fingerprint density at radius 3 is 2.50 bits per heavy atom. The van der Waals surface area contributed by atoms with Gasteiger partial charge in [0.15, 0.2) is 0 Å². The summed E-state index contributed by atoms with van der Waals surface area (Å²) in [6, 6.07) is 10.1. The Hall–Kier alpha value is -1.76. The first kappa shape index (κ1) is 12.3. The highest BCUT2D eigenvalue weighted by atomic mass is 16.5. The molecule has 0 N–H and O–H groups in total. The molecule has 0 aromatic heterocycles. The highest BCUT2D eigenvalue weighted by Crippen LogP contribution is 2.11. The fraction of sp³-hybridized carbons (Fsp3) is 0.200. The summed E-state index contributed by atoms with van der Waals surface area (Å²) in [5.74, 6) is 0.906. The highest BCUT2D eigenvalue weighted by Gasteiger charge is 1.97. The number of allylic oxidation sites excluding steroid dienone is 4. The number of benzene rings is 1. The number of ether oxygens (including phenoxy) is 1. The van der Waals surface area contributed by atoms with E-state index in [0.29, 0.717) is 6.61 Å². The molecule has 0 aliphatic heterocycles. The summed E-state index contributed by atoms with van der Waals surface area (Å²) < 4.78 is 5.74. The lowest BCUT2D eigenvalue weighted by atomic mass is 10.2. The molecule has 84 valence electrons. The monoisotopic (exact) mass is 214 g/mol. The van der Waals surface area contributed by atoms with Crippen LogP contribution in [0.4, 0.5) is 0 Å². The van der Waals surface area contributed by atoms with Gasteiger partial charge in [-0.1, -0.05) is 49.1 Å². The second kappa shape index (κ2) is 6.67. The largest absolute Gasteiger partial charge is 0.489 e. The van der Waals surface area contributed by atoms with Crippen molar-refractivity contribution in [3.05, 3.63) is 72.0 Å². The molecule has 0 fully saturated rings. The SMILES string of the molecule is C=C/C=C\C(OCc1ccccc1)=C(C)C. The van der Waals surface area contributed by atoms with Crippen LogP contribution in [-0.4, -0.2) is 0 Å². The maximum atomic E-state index is 5.74. The second-order valence-electron chi connectivity index (χ2n) is 3.73. The highest BCUT2D eigenvalue weighted by molar-refractivity contribution is 5.21. The standard InChI is InChI=1S/C15H18O/c1-4-5-11-15(13(2)3)16-12-14-9-7-6-8-10-14/h4-11H,1,12H2,2-3H3/b11-5-. The van der Waals surface area contributed by atoms with Crippen LogP contribution in [-0.2, 0) is 11.3 Å². The molecule has 1 aromatic rings. The van der Waals surface area contributed by atoms with Gasteiger partial charge in [0.25, 0.3) is 0 Å². The summed E-state index contributed by atoms with van der Waals surface area (Å²) in [6.07, 6.45) is 5.56. The molecule has 1 heteroatoms. The third-order valence-corrected chi connectivity index (χ3v) is 2.11. The van der Waals surface area contributed by atoms with E-state index in [1.54, 1.807) is 6.08 Å². The van der Waals surface area contributed by atoms with Crippen LogP contribution in [0.2, 0.25) is 0 Å². The molecule has 0 heterocycles. The van der Waals surface area contributed by atoms with Crippen molar-refractivity contribution < 1.29 is 4.74 Å². The molecular formula is C15H18O. The average molecular weight is 214 g/mol. The minimum absolute atomic E-state index is 0.600. The number of hydrogen-bond acceptors (Lipinski definition) is 1. The smallest absolute Gasteiger partial charge is 0.118 e. The van der Waals surface area contributed by atoms with Gasteiger partial charge in [0.2, 0.25) is 0 Å². The van der Waals surface area contributed by atoms with Gasteiger partial charge < -0.3 is 4.74 Å². The van der Waals surface area contributed by atoms with E-state index in [4.69, 9.17) is 4.74 Å². The predicted octanol–water partition coefficient (Wildman–Crippen LogP) is 4.24. The molecule has 1 aromatic carbocycles. The van der Waals surface area contributed by atoms with Crippen molar-refractivity contribution in [2.24, 2.45) is 0 Å². The molecule has 16 heavy (non-hydrogen) atoms. The zero-order valence-corrected chi connectivity index (χ0v) is 9.94. The molecule has 0 atom stereocenters. The van der Waals surface area contributed by atoms with E-state index in [1.807, 2.05) is 44.2 Å². The minimum atomic E-state index is 0.600. The van der Waals surface area contributed by atoms with Gasteiger partial charge in [-0.25, -0.2) is 0 Å². The van der Waals surface area contributed by atoms with Crippen LogP contribution in [0.5, 0.6) is 0 Å². The first-order valence-electron chi connectivity index (χ1n) is 5.37. The van der Waals surface area contributed by atoms with Gasteiger partial charge in [0, 0.05) is 0 Å². The van der Waals surface area contributed by atoms with E-state index in [1.165, 1.54) is 5.56 Å². The Kier molecular flexibility index (Phi) is 5.13. The van der Waals surface area contributed by atoms with Gasteiger partial charge in [0.1, 0.15) is 12.4 Å². The summed E-state index contributed by atoms with van der Waals surface area (Å²) in [7, 11) is 0. The molecule has 0 saturated heterocycles. The third-order valence-electron chi connectivity index (χ3n) is 2.11. The molecule has 0 aliphatic rings. The first-order chi connectivity index (χ1) is 7.74. The Morgan fingerprint density at radius 1 is 1.25 bits per heavy atom. The van der Waals surface area contributed by atoms with Crippen LogP contribution in [0.15, 0.2) is 66.5 Å². The Balaban J connectivity index is 2.62. The lowest BCUT2D eigenvalue weighted by Gasteiger charge is -2.08. The molecule has 0 saturated carbocycles. The molecule has 0 amide bonds. The van der Waals surface area contributed by atoms with Crippen LogP contribution in [0, 0.1) is 0 Å². The predicted molar refractivity (Wildman–Crippen MR) is 68.9 cm³/mol. The number of hydrogen-bond donors (Lipinski definition) is 0. The van der Waals surface area contributed by atoms with Crippen molar-refractivity contribution in [1.82, 2.24) is 0 Å².